The maximum Gasteiger partial charge on any atom is 0.459 e. The number of rotatable bonds is 10. The topological polar surface area (TPSA) is 169 Å². The summed E-state index contributed by atoms with van der Waals surface area (Å²) >= 11 is 0. The fourth-order valence-electron chi connectivity index (χ4n) is 5.00. The Bertz CT molecular complexity index is 1270. The lowest BCUT2D eigenvalue weighted by atomic mass is 9.90. The highest BCUT2D eigenvalue weighted by Gasteiger charge is 2.67. The van der Waals surface area contributed by atoms with Gasteiger partial charge >= 0.3 is 19.4 Å². The second-order valence-corrected chi connectivity index (χ2v) is 11.5. The third-order valence-electron chi connectivity index (χ3n) is 6.84. The van der Waals surface area contributed by atoms with Crippen molar-refractivity contribution in [1.29, 1.82) is 0 Å². The van der Waals surface area contributed by atoms with Crippen molar-refractivity contribution in [1.82, 2.24) is 14.6 Å². The molecule has 2 unspecified atom stereocenters. The van der Waals surface area contributed by atoms with E-state index in [9.17, 15) is 29.2 Å². The second-order valence-electron chi connectivity index (χ2n) is 9.82. The third-order valence-corrected chi connectivity index (χ3v) is 8.49. The van der Waals surface area contributed by atoms with Gasteiger partial charge in [-0.25, -0.2) is 9.36 Å². The number of aliphatic hydroxyl groups excluding tert-OH is 2. The molecule has 1 heterocycles. The highest BCUT2D eigenvalue weighted by atomic mass is 31.2. The van der Waals surface area contributed by atoms with Crippen molar-refractivity contribution in [2.75, 3.05) is 6.61 Å². The molecule has 1 aromatic carbocycles. The molecule has 37 heavy (non-hydrogen) atoms. The number of benzene rings is 1. The van der Waals surface area contributed by atoms with Gasteiger partial charge in [-0.05, 0) is 45.7 Å². The Hall–Kier alpha value is -2.76. The smallest absolute Gasteiger partial charge is 0.459 e. The van der Waals surface area contributed by atoms with Crippen LogP contribution in [0.2, 0.25) is 0 Å². The van der Waals surface area contributed by atoms with Crippen LogP contribution in [0.1, 0.15) is 39.7 Å². The van der Waals surface area contributed by atoms with E-state index in [0.29, 0.717) is 12.8 Å². The van der Waals surface area contributed by atoms with E-state index in [-0.39, 0.29) is 18.5 Å². The average molecular weight is 538 g/mol. The largest absolute Gasteiger partial charge is 0.462 e. The molecule has 2 fully saturated rings. The summed E-state index contributed by atoms with van der Waals surface area (Å²) in [6.45, 7) is 4.54. The maximum absolute atomic E-state index is 13.8. The van der Waals surface area contributed by atoms with Crippen molar-refractivity contribution in [3.05, 3.63) is 63.4 Å². The zero-order chi connectivity index (χ0) is 27.0. The minimum absolute atomic E-state index is 0.230. The normalized spacial score (nSPS) is 26.5. The van der Waals surface area contributed by atoms with Crippen molar-refractivity contribution in [3.8, 4) is 5.75 Å². The van der Waals surface area contributed by atoms with Gasteiger partial charge in [0.05, 0.1) is 24.9 Å². The number of aromatic amines is 1. The van der Waals surface area contributed by atoms with Crippen LogP contribution in [-0.2, 0) is 18.6 Å². The number of esters is 1. The molecule has 0 radical (unpaired) electrons. The Kier molecular flexibility index (Phi) is 7.77. The van der Waals surface area contributed by atoms with Crippen molar-refractivity contribution in [2.24, 2.45) is 11.3 Å². The van der Waals surface area contributed by atoms with Crippen molar-refractivity contribution in [2.45, 2.75) is 64.0 Å². The van der Waals surface area contributed by atoms with Crippen LogP contribution < -0.4 is 20.9 Å². The van der Waals surface area contributed by atoms with Crippen LogP contribution >= 0.6 is 7.75 Å². The predicted octanol–water partition coefficient (Wildman–Crippen LogP) is 1.34. The summed E-state index contributed by atoms with van der Waals surface area (Å²) in [4.78, 5) is 38.5. The SMILES string of the molecule is CC(C)OC(=O)C(C)NP(=O)(OC[C@@H]1[C@@H](O)[C@@H](O)[C@H](n2ccc(=O)[nH]c2=O)C12CC2)Oc1ccccc1. The first-order valence-corrected chi connectivity index (χ1v) is 13.7. The zero-order valence-electron chi connectivity index (χ0n) is 20.8. The Morgan fingerprint density at radius 1 is 1.16 bits per heavy atom. The Morgan fingerprint density at radius 2 is 1.84 bits per heavy atom. The Balaban J connectivity index is 1.57. The third kappa shape index (κ3) is 5.73. The van der Waals surface area contributed by atoms with Gasteiger partial charge in [0.1, 0.15) is 17.9 Å². The van der Waals surface area contributed by atoms with Crippen LogP contribution in [-0.4, -0.2) is 56.7 Å². The monoisotopic (exact) mass is 537 g/mol. The zero-order valence-corrected chi connectivity index (χ0v) is 21.7. The van der Waals surface area contributed by atoms with Crippen LogP contribution in [0.15, 0.2) is 52.2 Å². The van der Waals surface area contributed by atoms with Crippen molar-refractivity contribution >= 4 is 13.7 Å². The number of aromatic nitrogens is 2. The van der Waals surface area contributed by atoms with Crippen molar-refractivity contribution < 1.29 is 33.4 Å². The fraction of sp³-hybridized carbons (Fsp3) is 0.542. The lowest BCUT2D eigenvalue weighted by molar-refractivity contribution is -0.149. The summed E-state index contributed by atoms with van der Waals surface area (Å²) in [5.41, 5.74) is -2.00. The molecule has 2 aliphatic carbocycles. The molecular formula is C24H32N3O9P. The van der Waals surface area contributed by atoms with E-state index in [1.54, 1.807) is 44.2 Å². The van der Waals surface area contributed by atoms with E-state index in [4.69, 9.17) is 13.8 Å². The van der Waals surface area contributed by atoms with Gasteiger partial charge in [-0.2, -0.15) is 5.09 Å². The number of nitrogens with one attached hydrogen (secondary N) is 2. The lowest BCUT2D eigenvalue weighted by Gasteiger charge is -2.28. The molecule has 13 heteroatoms. The number of para-hydroxylation sites is 1. The van der Waals surface area contributed by atoms with Crippen LogP contribution in [0.25, 0.3) is 0 Å². The standard InChI is InChI=1S/C24H32N3O9P/c1-14(2)35-22(31)15(3)26-37(33,36-16-7-5-4-6-8-16)34-13-17-19(29)20(30)21(24(17)10-11-24)27-12-9-18(28)25-23(27)32/h4-9,12,14-15,17,19-21,29-30H,10-11,13H2,1-3H3,(H,26,33)(H,25,28,32)/t15?,17-,19-,20-,21+,37?/m1/s1. The summed E-state index contributed by atoms with van der Waals surface area (Å²) in [6, 6.07) is 7.57. The summed E-state index contributed by atoms with van der Waals surface area (Å²) in [6.07, 6.45) is -0.593. The molecule has 2 aliphatic rings. The molecule has 6 atom stereocenters. The minimum Gasteiger partial charge on any atom is -0.462 e. The predicted molar refractivity (Wildman–Crippen MR) is 132 cm³/mol. The van der Waals surface area contributed by atoms with Crippen LogP contribution in [0.5, 0.6) is 5.75 Å². The number of hydrogen-bond donors (Lipinski definition) is 4. The van der Waals surface area contributed by atoms with E-state index in [0.717, 1.165) is 0 Å². The van der Waals surface area contributed by atoms with E-state index in [1.807, 2.05) is 0 Å². The number of nitrogens with zero attached hydrogens (tertiary/aromatic N) is 1. The summed E-state index contributed by atoms with van der Waals surface area (Å²) in [7, 11) is -4.19. The molecule has 2 aromatic rings. The molecule has 0 saturated heterocycles. The van der Waals surface area contributed by atoms with E-state index >= 15 is 0 Å². The maximum atomic E-state index is 13.8. The first kappa shape index (κ1) is 27.3. The van der Waals surface area contributed by atoms with Gasteiger partial charge in [0.2, 0.25) is 0 Å². The van der Waals surface area contributed by atoms with E-state index in [2.05, 4.69) is 10.1 Å². The molecule has 1 spiro atoms. The van der Waals surface area contributed by atoms with Crippen LogP contribution in [0.4, 0.5) is 0 Å². The molecule has 0 amide bonds. The number of hydrogen-bond acceptors (Lipinski definition) is 9. The minimum atomic E-state index is -4.19. The molecule has 1 aromatic heterocycles. The molecule has 4 N–H and O–H groups in total. The molecule has 202 valence electrons. The highest BCUT2D eigenvalue weighted by molar-refractivity contribution is 7.52. The van der Waals surface area contributed by atoms with Gasteiger partial charge in [0.15, 0.2) is 0 Å². The van der Waals surface area contributed by atoms with Gasteiger partial charge in [0, 0.05) is 23.6 Å². The van der Waals surface area contributed by atoms with Crippen molar-refractivity contribution in [3.63, 3.8) is 0 Å². The second kappa shape index (κ2) is 10.5. The number of carbonyl (C=O) groups excluding carboxylic acids is 1. The average Bonchev–Trinajstić information content (AvgIpc) is 3.58. The lowest BCUT2D eigenvalue weighted by Crippen LogP contribution is -2.38. The molecular weight excluding hydrogens is 505 g/mol. The number of H-pyrrole nitrogens is 1. The number of carbonyl (C=O) groups is 1. The molecule has 2 saturated carbocycles. The summed E-state index contributed by atoms with van der Waals surface area (Å²) < 4.78 is 31.6. The van der Waals surface area contributed by atoms with Gasteiger partial charge in [-0.3, -0.25) is 23.7 Å². The quantitative estimate of drug-likeness (QED) is 0.256. The molecule has 12 nitrogen and oxygen atoms in total. The molecule has 0 aliphatic heterocycles. The van der Waals surface area contributed by atoms with Gasteiger partial charge < -0.3 is 19.5 Å². The van der Waals surface area contributed by atoms with E-state index < -0.39 is 60.6 Å². The molecule has 4 rings (SSSR count). The first-order chi connectivity index (χ1) is 17.5. The highest BCUT2D eigenvalue weighted by Crippen LogP contribution is 2.66. The van der Waals surface area contributed by atoms with Gasteiger partial charge in [-0.15, -0.1) is 0 Å². The molecule has 0 bridgehead atoms. The summed E-state index contributed by atoms with van der Waals surface area (Å²) in [5, 5.41) is 24.4. The summed E-state index contributed by atoms with van der Waals surface area (Å²) in [5.74, 6) is -1.13. The fourth-order valence-corrected chi connectivity index (χ4v) is 6.52. The van der Waals surface area contributed by atoms with Gasteiger partial charge in [0.25, 0.3) is 5.56 Å². The van der Waals surface area contributed by atoms with Crippen LogP contribution in [0, 0.1) is 11.3 Å². The number of aliphatic hydroxyl groups is 2. The first-order valence-electron chi connectivity index (χ1n) is 12.1. The van der Waals surface area contributed by atoms with Crippen LogP contribution in [0.3, 0.4) is 0 Å². The Morgan fingerprint density at radius 3 is 2.43 bits per heavy atom. The Labute approximate surface area is 213 Å². The number of ether oxygens (including phenoxy) is 1. The van der Waals surface area contributed by atoms with Gasteiger partial charge in [-0.1, -0.05) is 18.2 Å². The van der Waals surface area contributed by atoms with E-state index in [1.165, 1.54) is 23.8 Å².